The standard InChI is InChI=1S/C14H20N4/c1-3-6-15-11-12-9-13(4-2)17-14(10-12)18-8-5-7-16-18/h5,7-10,15H,3-4,6,11H2,1-2H3. The van der Waals surface area contributed by atoms with Gasteiger partial charge in [-0.2, -0.15) is 5.10 Å². The maximum Gasteiger partial charge on any atom is 0.153 e. The van der Waals surface area contributed by atoms with E-state index < -0.39 is 0 Å². The van der Waals surface area contributed by atoms with E-state index in [0.29, 0.717) is 0 Å². The van der Waals surface area contributed by atoms with E-state index in [1.54, 1.807) is 6.20 Å². The minimum atomic E-state index is 0.887. The molecule has 0 aromatic carbocycles. The molecular weight excluding hydrogens is 224 g/mol. The van der Waals surface area contributed by atoms with Crippen LogP contribution in [0.5, 0.6) is 0 Å². The van der Waals surface area contributed by atoms with Crippen molar-refractivity contribution in [2.75, 3.05) is 6.54 Å². The molecule has 0 fully saturated rings. The Morgan fingerprint density at radius 2 is 2.17 bits per heavy atom. The Balaban J connectivity index is 2.22. The number of pyridine rings is 1. The topological polar surface area (TPSA) is 42.7 Å². The fraction of sp³-hybridized carbons (Fsp3) is 0.429. The van der Waals surface area contributed by atoms with Gasteiger partial charge in [0.25, 0.3) is 0 Å². The average Bonchev–Trinajstić information content (AvgIpc) is 2.92. The quantitative estimate of drug-likeness (QED) is 0.793. The molecule has 0 atom stereocenters. The summed E-state index contributed by atoms with van der Waals surface area (Å²) in [6.45, 7) is 6.23. The molecule has 0 saturated carbocycles. The first kappa shape index (κ1) is 12.8. The molecule has 0 aliphatic heterocycles. The third kappa shape index (κ3) is 3.17. The van der Waals surface area contributed by atoms with Crippen LogP contribution in [0.4, 0.5) is 0 Å². The Kier molecular flexibility index (Phi) is 4.47. The highest BCUT2D eigenvalue weighted by atomic mass is 15.3. The molecule has 2 aromatic heterocycles. The maximum absolute atomic E-state index is 4.60. The lowest BCUT2D eigenvalue weighted by Crippen LogP contribution is -2.14. The van der Waals surface area contributed by atoms with E-state index in [4.69, 9.17) is 0 Å². The molecular formula is C14H20N4. The van der Waals surface area contributed by atoms with Crippen LogP contribution in [0.3, 0.4) is 0 Å². The summed E-state index contributed by atoms with van der Waals surface area (Å²) in [5, 5.41) is 7.65. The summed E-state index contributed by atoms with van der Waals surface area (Å²) in [6, 6.07) is 6.17. The normalized spacial score (nSPS) is 10.8. The molecule has 0 radical (unpaired) electrons. The number of hydrogen-bond donors (Lipinski definition) is 1. The zero-order valence-corrected chi connectivity index (χ0v) is 11.1. The first-order valence-corrected chi connectivity index (χ1v) is 6.54. The van der Waals surface area contributed by atoms with E-state index in [9.17, 15) is 0 Å². The molecule has 1 N–H and O–H groups in total. The minimum Gasteiger partial charge on any atom is -0.313 e. The smallest absolute Gasteiger partial charge is 0.153 e. The summed E-state index contributed by atoms with van der Waals surface area (Å²) in [4.78, 5) is 4.60. The van der Waals surface area contributed by atoms with Crippen molar-refractivity contribution >= 4 is 0 Å². The molecule has 0 bridgehead atoms. The molecule has 96 valence electrons. The van der Waals surface area contributed by atoms with Crippen molar-refractivity contribution in [3.8, 4) is 5.82 Å². The van der Waals surface area contributed by atoms with Crippen LogP contribution in [0.2, 0.25) is 0 Å². The van der Waals surface area contributed by atoms with E-state index in [-0.39, 0.29) is 0 Å². The maximum atomic E-state index is 4.60. The monoisotopic (exact) mass is 244 g/mol. The Bertz CT molecular complexity index is 477. The lowest BCUT2D eigenvalue weighted by molar-refractivity contribution is 0.672. The second-order valence-electron chi connectivity index (χ2n) is 4.31. The second kappa shape index (κ2) is 6.31. The Morgan fingerprint density at radius 1 is 1.28 bits per heavy atom. The number of hydrogen-bond acceptors (Lipinski definition) is 3. The average molecular weight is 244 g/mol. The van der Waals surface area contributed by atoms with Crippen LogP contribution in [0, 0.1) is 0 Å². The molecule has 2 heterocycles. The SMILES string of the molecule is CCCNCc1cc(CC)nc(-n2cccn2)c1. The number of aryl methyl sites for hydroxylation is 1. The van der Waals surface area contributed by atoms with Crippen LogP contribution in [-0.4, -0.2) is 21.3 Å². The lowest BCUT2D eigenvalue weighted by atomic mass is 10.2. The fourth-order valence-corrected chi connectivity index (χ4v) is 1.85. The van der Waals surface area contributed by atoms with Crippen molar-refractivity contribution in [2.24, 2.45) is 0 Å². The van der Waals surface area contributed by atoms with Gasteiger partial charge in [0.15, 0.2) is 5.82 Å². The van der Waals surface area contributed by atoms with Gasteiger partial charge in [0, 0.05) is 24.6 Å². The molecule has 4 heteroatoms. The lowest BCUT2D eigenvalue weighted by Gasteiger charge is -2.09. The summed E-state index contributed by atoms with van der Waals surface area (Å²) in [5.41, 5.74) is 2.37. The van der Waals surface area contributed by atoms with Crippen molar-refractivity contribution in [2.45, 2.75) is 33.2 Å². The van der Waals surface area contributed by atoms with Crippen LogP contribution >= 0.6 is 0 Å². The molecule has 0 saturated heterocycles. The second-order valence-corrected chi connectivity index (χ2v) is 4.31. The van der Waals surface area contributed by atoms with Gasteiger partial charge in [-0.1, -0.05) is 13.8 Å². The van der Waals surface area contributed by atoms with Crippen molar-refractivity contribution < 1.29 is 0 Å². The van der Waals surface area contributed by atoms with E-state index in [2.05, 4.69) is 41.4 Å². The van der Waals surface area contributed by atoms with Gasteiger partial charge in [-0.3, -0.25) is 0 Å². The summed E-state index contributed by atoms with van der Waals surface area (Å²) >= 11 is 0. The first-order valence-electron chi connectivity index (χ1n) is 6.54. The zero-order valence-electron chi connectivity index (χ0n) is 11.1. The van der Waals surface area contributed by atoms with Crippen molar-refractivity contribution in [1.29, 1.82) is 0 Å². The van der Waals surface area contributed by atoms with E-state index in [1.807, 2.05) is 16.9 Å². The predicted octanol–water partition coefficient (Wildman–Crippen LogP) is 2.33. The van der Waals surface area contributed by atoms with Gasteiger partial charge in [-0.25, -0.2) is 9.67 Å². The van der Waals surface area contributed by atoms with Crippen LogP contribution in [0.25, 0.3) is 5.82 Å². The van der Waals surface area contributed by atoms with E-state index >= 15 is 0 Å². The third-order valence-electron chi connectivity index (χ3n) is 2.78. The van der Waals surface area contributed by atoms with Gasteiger partial charge in [-0.15, -0.1) is 0 Å². The minimum absolute atomic E-state index is 0.887. The summed E-state index contributed by atoms with van der Waals surface area (Å²) < 4.78 is 1.81. The molecule has 4 nitrogen and oxygen atoms in total. The Morgan fingerprint density at radius 3 is 2.83 bits per heavy atom. The highest BCUT2D eigenvalue weighted by Crippen LogP contribution is 2.10. The Labute approximate surface area is 108 Å². The number of rotatable bonds is 6. The van der Waals surface area contributed by atoms with Gasteiger partial charge in [0.2, 0.25) is 0 Å². The summed E-state index contributed by atoms with van der Waals surface area (Å²) in [7, 11) is 0. The highest BCUT2D eigenvalue weighted by Gasteiger charge is 2.03. The van der Waals surface area contributed by atoms with Gasteiger partial charge < -0.3 is 5.32 Å². The molecule has 0 amide bonds. The third-order valence-corrected chi connectivity index (χ3v) is 2.78. The molecule has 0 aliphatic rings. The van der Waals surface area contributed by atoms with Crippen molar-refractivity contribution in [1.82, 2.24) is 20.1 Å². The molecule has 2 rings (SSSR count). The summed E-state index contributed by atoms with van der Waals surface area (Å²) in [6.07, 6.45) is 5.79. The molecule has 0 unspecified atom stereocenters. The molecule has 18 heavy (non-hydrogen) atoms. The van der Waals surface area contributed by atoms with E-state index in [0.717, 1.165) is 37.4 Å². The molecule has 0 aliphatic carbocycles. The van der Waals surface area contributed by atoms with Crippen LogP contribution in [0.1, 0.15) is 31.5 Å². The number of aromatic nitrogens is 3. The van der Waals surface area contributed by atoms with Gasteiger partial charge in [-0.05, 0) is 43.1 Å². The predicted molar refractivity (Wildman–Crippen MR) is 72.7 cm³/mol. The zero-order chi connectivity index (χ0) is 12.8. The Hall–Kier alpha value is -1.68. The van der Waals surface area contributed by atoms with Crippen LogP contribution < -0.4 is 5.32 Å². The molecule has 2 aromatic rings. The van der Waals surface area contributed by atoms with Crippen LogP contribution in [0.15, 0.2) is 30.6 Å². The first-order chi connectivity index (χ1) is 8.83. The van der Waals surface area contributed by atoms with Gasteiger partial charge in [0.05, 0.1) is 0 Å². The number of nitrogens with one attached hydrogen (secondary N) is 1. The van der Waals surface area contributed by atoms with Crippen molar-refractivity contribution in [3.63, 3.8) is 0 Å². The van der Waals surface area contributed by atoms with Crippen LogP contribution in [-0.2, 0) is 13.0 Å². The largest absolute Gasteiger partial charge is 0.313 e. The number of nitrogens with zero attached hydrogens (tertiary/aromatic N) is 3. The van der Waals surface area contributed by atoms with Gasteiger partial charge >= 0.3 is 0 Å². The van der Waals surface area contributed by atoms with Crippen molar-refractivity contribution in [3.05, 3.63) is 41.9 Å². The molecule has 0 spiro atoms. The van der Waals surface area contributed by atoms with E-state index in [1.165, 1.54) is 5.56 Å². The fourth-order valence-electron chi connectivity index (χ4n) is 1.85. The highest BCUT2D eigenvalue weighted by molar-refractivity contribution is 5.30. The summed E-state index contributed by atoms with van der Waals surface area (Å²) in [5.74, 6) is 0.896. The van der Waals surface area contributed by atoms with Gasteiger partial charge in [0.1, 0.15) is 0 Å².